The largest absolute Gasteiger partial charge is 0.298 e. The number of rotatable bonds is 14. The van der Waals surface area contributed by atoms with Crippen LogP contribution in [0, 0.1) is 0 Å². The fraction of sp³-hybridized carbons (Fsp3) is 0.250. The monoisotopic (exact) mass is 996 g/mol. The minimum Gasteiger partial charge on any atom is -0.298 e. The second kappa shape index (κ2) is 26.3. The molecule has 2 amide bonds. The number of nitrogens with zero attached hydrogens (tertiary/aromatic N) is 2. The van der Waals surface area contributed by atoms with Crippen molar-refractivity contribution < 1.29 is 38.4 Å². The van der Waals surface area contributed by atoms with Gasteiger partial charge in [0.15, 0.2) is 0 Å². The molecule has 0 radical (unpaired) electrons. The average Bonchev–Trinajstić information content (AvgIpc) is 3.80. The van der Waals surface area contributed by atoms with Crippen LogP contribution in [0.4, 0.5) is 0 Å². The second-order valence-electron chi connectivity index (χ2n) is 14.6. The number of carbonyl (C=O) groups is 3. The van der Waals surface area contributed by atoms with Crippen LogP contribution in [0.1, 0.15) is 73.0 Å². The van der Waals surface area contributed by atoms with Crippen LogP contribution < -0.4 is 0 Å². The van der Waals surface area contributed by atoms with Gasteiger partial charge in [0.05, 0.1) is 0 Å². The third kappa shape index (κ3) is 14.2. The number of amides is 2. The van der Waals surface area contributed by atoms with E-state index in [1.807, 2.05) is 160 Å². The zero-order valence-electron chi connectivity index (χ0n) is 35.5. The standard InChI is InChI=1S/C26H25NO4Se.C18H21NO3Se.C7H6O.CH4/c1-18-23(21-15-9-4-10-16-21)31-26(32)27(18)25(29)24(22(28)20-13-7-3-8-14-20)30-17-19-11-5-2-6-12-19;1-4-8-13(2)17-14(3)19(18(23)22-17)16(20)12-21-11-15-9-6-5-7-10-15;8-6-7-4-2-1-3-5-7;/h2-16,18,22-24,28H,17H2,1H3;4-10,14,17H,2,11-12H2,1,3H3;1-6H;1H4/b;8-4-;;/t18-,22?,23-,24?;14-,17+;;/m00../s1. The van der Waals surface area contributed by atoms with E-state index in [0.717, 1.165) is 34.1 Å². The molecule has 2 saturated heterocycles. The van der Waals surface area contributed by atoms with E-state index in [-0.39, 0.29) is 56.7 Å². The molecule has 12 heteroatoms. The molecule has 5 aromatic carbocycles. The Morgan fingerprint density at radius 1 is 0.734 bits per heavy atom. The van der Waals surface area contributed by atoms with Crippen LogP contribution in [0.2, 0.25) is 0 Å². The molecule has 5 aromatic rings. The zero-order valence-corrected chi connectivity index (χ0v) is 38.9. The number of hydrogen-bond donors (Lipinski definition) is 1. The SMILES string of the molecule is C.C=C(/C=C\C)[C@H]1OC(=[Se])N(C(=O)COCc2ccccc2)[C@H]1C.C[C@H]1[C@@H](c2ccccc2)OC(=[Se])N1C(=O)C(OCc1ccccc1)C(O)c1ccccc1.O=Cc1ccccc1. The maximum Gasteiger partial charge on any atom is 0.150 e. The zero-order chi connectivity index (χ0) is 45.1. The van der Waals surface area contributed by atoms with Gasteiger partial charge >= 0.3 is 341 Å². The molecule has 0 spiro atoms. The smallest absolute Gasteiger partial charge is 0.150 e. The summed E-state index contributed by atoms with van der Waals surface area (Å²) in [7, 11) is 0. The Hall–Kier alpha value is -5.55. The third-order valence-electron chi connectivity index (χ3n) is 10.1. The first-order valence-corrected chi connectivity index (χ1v) is 22.2. The fourth-order valence-corrected chi connectivity index (χ4v) is 8.42. The summed E-state index contributed by atoms with van der Waals surface area (Å²) in [6.45, 7) is 10.4. The molecule has 334 valence electrons. The molecule has 2 unspecified atom stereocenters. The van der Waals surface area contributed by atoms with Gasteiger partial charge in [-0.1, -0.05) is 37.8 Å². The predicted molar refractivity (Wildman–Crippen MR) is 254 cm³/mol. The molecule has 2 fully saturated rings. The van der Waals surface area contributed by atoms with Gasteiger partial charge in [0.2, 0.25) is 0 Å². The molecule has 6 atom stereocenters. The summed E-state index contributed by atoms with van der Waals surface area (Å²) >= 11 is 5.68. The van der Waals surface area contributed by atoms with Gasteiger partial charge in [-0.2, -0.15) is 0 Å². The number of aliphatic hydroxyl groups is 1. The summed E-state index contributed by atoms with van der Waals surface area (Å²) in [4.78, 5) is 39.3. The average molecular weight is 995 g/mol. The van der Waals surface area contributed by atoms with Crippen molar-refractivity contribution in [3.8, 4) is 0 Å². The fourth-order valence-electron chi connectivity index (χ4n) is 6.89. The van der Waals surface area contributed by atoms with Crippen molar-refractivity contribution in [2.45, 2.75) is 77.9 Å². The maximum atomic E-state index is 13.7. The van der Waals surface area contributed by atoms with Crippen LogP contribution in [0.5, 0.6) is 0 Å². The van der Waals surface area contributed by atoms with Crippen molar-refractivity contribution in [3.05, 3.63) is 204 Å². The summed E-state index contributed by atoms with van der Waals surface area (Å²) in [5.41, 5.74) is 5.13. The molecular weight excluding hydrogens is 938 g/mol. The first-order chi connectivity index (χ1) is 30.5. The van der Waals surface area contributed by atoms with Crippen molar-refractivity contribution in [2.24, 2.45) is 0 Å². The molecule has 64 heavy (non-hydrogen) atoms. The van der Waals surface area contributed by atoms with Gasteiger partial charge in [0.25, 0.3) is 0 Å². The van der Waals surface area contributed by atoms with Crippen LogP contribution in [0.15, 0.2) is 176 Å². The van der Waals surface area contributed by atoms with E-state index >= 15 is 0 Å². The Labute approximate surface area is 393 Å². The van der Waals surface area contributed by atoms with Crippen LogP contribution in [0.25, 0.3) is 0 Å². The van der Waals surface area contributed by atoms with E-state index in [1.54, 1.807) is 34.1 Å². The minimum absolute atomic E-state index is 0. The van der Waals surface area contributed by atoms with E-state index < -0.39 is 12.2 Å². The van der Waals surface area contributed by atoms with Crippen LogP contribution in [0.3, 0.4) is 0 Å². The molecule has 0 saturated carbocycles. The number of hydrogen-bond acceptors (Lipinski definition) is 8. The molecule has 0 aliphatic carbocycles. The van der Waals surface area contributed by atoms with Crippen molar-refractivity contribution in [1.29, 1.82) is 0 Å². The number of benzene rings is 5. The molecule has 1 N–H and O–H groups in total. The van der Waals surface area contributed by atoms with Gasteiger partial charge < -0.3 is 0 Å². The van der Waals surface area contributed by atoms with Crippen molar-refractivity contribution in [3.63, 3.8) is 0 Å². The molecule has 2 heterocycles. The van der Waals surface area contributed by atoms with E-state index in [1.165, 1.54) is 0 Å². The van der Waals surface area contributed by atoms with Crippen LogP contribution in [-0.4, -0.2) is 105 Å². The van der Waals surface area contributed by atoms with Crippen molar-refractivity contribution >= 4 is 58.7 Å². The molecule has 2 aliphatic rings. The van der Waals surface area contributed by atoms with Crippen molar-refractivity contribution in [1.82, 2.24) is 9.80 Å². The molecule has 10 nitrogen and oxygen atoms in total. The van der Waals surface area contributed by atoms with E-state index in [9.17, 15) is 19.5 Å². The summed E-state index contributed by atoms with van der Waals surface area (Å²) in [6, 6.07) is 47.0. The van der Waals surface area contributed by atoms with Gasteiger partial charge in [-0.25, -0.2) is 0 Å². The summed E-state index contributed by atoms with van der Waals surface area (Å²) in [6.07, 6.45) is 1.88. The number of ether oxygens (including phenoxy) is 4. The number of allylic oxidation sites excluding steroid dienone is 1. The Morgan fingerprint density at radius 3 is 1.77 bits per heavy atom. The Morgan fingerprint density at radius 2 is 1.23 bits per heavy atom. The van der Waals surface area contributed by atoms with Gasteiger partial charge in [-0.3, -0.25) is 4.79 Å². The van der Waals surface area contributed by atoms with Gasteiger partial charge in [-0.15, -0.1) is 0 Å². The molecular formula is C52H56N2O8Se2. The number of carbonyl (C=O) groups excluding carboxylic acids is 3. The minimum atomic E-state index is -1.12. The van der Waals surface area contributed by atoms with E-state index in [4.69, 9.17) is 18.9 Å². The normalized spacial score (nSPS) is 18.5. The Bertz CT molecular complexity index is 2280. The topological polar surface area (TPSA) is 115 Å². The van der Waals surface area contributed by atoms with Crippen molar-refractivity contribution in [2.75, 3.05) is 6.61 Å². The number of aldehydes is 1. The number of aliphatic hydroxyl groups excluding tert-OH is 1. The summed E-state index contributed by atoms with van der Waals surface area (Å²) in [5, 5.41) is 11.1. The first kappa shape index (κ1) is 51.1. The molecule has 0 aromatic heterocycles. The summed E-state index contributed by atoms with van der Waals surface area (Å²) in [5.74, 6) is -0.477. The van der Waals surface area contributed by atoms with Crippen LogP contribution in [-0.2, 0) is 41.8 Å². The first-order valence-electron chi connectivity index (χ1n) is 20.5. The van der Waals surface area contributed by atoms with E-state index in [0.29, 0.717) is 21.6 Å². The molecule has 0 bridgehead atoms. The third-order valence-corrected chi connectivity index (χ3v) is 11.4. The van der Waals surface area contributed by atoms with E-state index in [2.05, 4.69) is 37.7 Å². The van der Waals surface area contributed by atoms with Gasteiger partial charge in [0, 0.05) is 5.56 Å². The van der Waals surface area contributed by atoms with Gasteiger partial charge in [-0.05, 0) is 0 Å². The second-order valence-corrected chi connectivity index (χ2v) is 16.1. The Kier molecular flexibility index (Phi) is 21.0. The summed E-state index contributed by atoms with van der Waals surface area (Å²) < 4.78 is 24.2. The van der Waals surface area contributed by atoms with Gasteiger partial charge in [0.1, 0.15) is 6.29 Å². The predicted octanol–water partition coefficient (Wildman–Crippen LogP) is 7.89. The molecule has 7 rings (SSSR count). The quantitative estimate of drug-likeness (QED) is 0.0680. The maximum absolute atomic E-state index is 13.7. The van der Waals surface area contributed by atoms with Crippen LogP contribution >= 0.6 is 0 Å². The molecule has 2 aliphatic heterocycles. The Balaban J connectivity index is 0.000000244.